The van der Waals surface area contributed by atoms with E-state index in [1.165, 1.54) is 10.6 Å². The number of carbonyl (C=O) groups excluding carboxylic acids is 2. The SMILES string of the molecule is Cc1cc(C)cc(N(CCCC(=O)N(Cc2cccc(Br)c2)[C@@H](Cc2ccccc2)C(=O)NCC(C)C)S(C)(=O)=O)c1. The van der Waals surface area contributed by atoms with Crippen LogP contribution in [0.3, 0.4) is 0 Å². The van der Waals surface area contributed by atoms with E-state index in [0.29, 0.717) is 25.1 Å². The van der Waals surface area contributed by atoms with Crippen LogP contribution in [0.4, 0.5) is 5.69 Å². The maximum Gasteiger partial charge on any atom is 0.243 e. The maximum atomic E-state index is 13.9. The largest absolute Gasteiger partial charge is 0.354 e. The van der Waals surface area contributed by atoms with Crippen LogP contribution in [-0.2, 0) is 32.6 Å². The van der Waals surface area contributed by atoms with E-state index in [1.54, 1.807) is 4.90 Å². The lowest BCUT2D eigenvalue weighted by atomic mass is 10.0. The number of nitrogens with zero attached hydrogens (tertiary/aromatic N) is 2. The Balaban J connectivity index is 1.89. The third-order valence-electron chi connectivity index (χ3n) is 6.84. The smallest absolute Gasteiger partial charge is 0.243 e. The van der Waals surface area contributed by atoms with E-state index < -0.39 is 16.1 Å². The van der Waals surface area contributed by atoms with E-state index in [-0.39, 0.29) is 37.2 Å². The summed E-state index contributed by atoms with van der Waals surface area (Å²) in [5, 5.41) is 3.03. The molecule has 0 heterocycles. The topological polar surface area (TPSA) is 86.8 Å². The summed E-state index contributed by atoms with van der Waals surface area (Å²) in [4.78, 5) is 29.2. The van der Waals surface area contributed by atoms with Crippen molar-refractivity contribution in [2.24, 2.45) is 5.92 Å². The number of hydrogen-bond acceptors (Lipinski definition) is 4. The van der Waals surface area contributed by atoms with Crippen molar-refractivity contribution in [3.05, 3.63) is 99.5 Å². The van der Waals surface area contributed by atoms with Gasteiger partial charge in [0, 0.05) is 36.9 Å². The number of nitrogens with one attached hydrogen (secondary N) is 1. The molecule has 42 heavy (non-hydrogen) atoms. The highest BCUT2D eigenvalue weighted by atomic mass is 79.9. The van der Waals surface area contributed by atoms with Gasteiger partial charge in [0.2, 0.25) is 21.8 Å². The maximum absolute atomic E-state index is 13.9. The third kappa shape index (κ3) is 10.3. The number of anilines is 1. The minimum Gasteiger partial charge on any atom is -0.354 e. The second kappa shape index (κ2) is 15.3. The summed E-state index contributed by atoms with van der Waals surface area (Å²) in [6.45, 7) is 8.82. The average molecular weight is 657 g/mol. The molecule has 0 fully saturated rings. The normalized spacial score (nSPS) is 12.2. The predicted octanol–water partition coefficient (Wildman–Crippen LogP) is 6.02. The zero-order valence-corrected chi connectivity index (χ0v) is 27.5. The number of rotatable bonds is 14. The van der Waals surface area contributed by atoms with E-state index in [4.69, 9.17) is 0 Å². The number of sulfonamides is 1. The van der Waals surface area contributed by atoms with E-state index >= 15 is 0 Å². The first kappa shape index (κ1) is 33.3. The highest BCUT2D eigenvalue weighted by Crippen LogP contribution is 2.23. The van der Waals surface area contributed by atoms with Gasteiger partial charge in [-0.15, -0.1) is 0 Å². The fourth-order valence-corrected chi connectivity index (χ4v) is 6.30. The Labute approximate surface area is 259 Å². The third-order valence-corrected chi connectivity index (χ3v) is 8.53. The molecule has 3 rings (SSSR count). The van der Waals surface area contributed by atoms with Crippen molar-refractivity contribution < 1.29 is 18.0 Å². The molecule has 0 saturated carbocycles. The van der Waals surface area contributed by atoms with Crippen molar-refractivity contribution in [2.45, 2.75) is 59.5 Å². The summed E-state index contributed by atoms with van der Waals surface area (Å²) < 4.78 is 27.7. The molecule has 1 N–H and O–H groups in total. The average Bonchev–Trinajstić information content (AvgIpc) is 2.91. The summed E-state index contributed by atoms with van der Waals surface area (Å²) in [5.41, 5.74) is 4.35. The molecular formula is C33H42BrN3O4S. The molecule has 0 radical (unpaired) electrons. The first-order valence-electron chi connectivity index (χ1n) is 14.2. The van der Waals surface area contributed by atoms with Crippen molar-refractivity contribution in [3.63, 3.8) is 0 Å². The number of amides is 2. The first-order chi connectivity index (χ1) is 19.8. The molecule has 0 bridgehead atoms. The molecule has 0 aromatic heterocycles. The van der Waals surface area contributed by atoms with Gasteiger partial charge in [0.1, 0.15) is 6.04 Å². The molecule has 0 saturated heterocycles. The summed E-state index contributed by atoms with van der Waals surface area (Å²) in [5.74, 6) is -0.152. The molecule has 0 aliphatic carbocycles. The van der Waals surface area contributed by atoms with Crippen LogP contribution in [-0.4, -0.2) is 50.5 Å². The van der Waals surface area contributed by atoms with Crippen LogP contribution >= 0.6 is 15.9 Å². The minimum atomic E-state index is -3.57. The molecular weight excluding hydrogens is 614 g/mol. The van der Waals surface area contributed by atoms with E-state index in [9.17, 15) is 18.0 Å². The van der Waals surface area contributed by atoms with Gasteiger partial charge >= 0.3 is 0 Å². The van der Waals surface area contributed by atoms with Gasteiger partial charge in [-0.25, -0.2) is 8.42 Å². The summed E-state index contributed by atoms with van der Waals surface area (Å²) in [7, 11) is -3.57. The quantitative estimate of drug-likeness (QED) is 0.230. The van der Waals surface area contributed by atoms with Crippen molar-refractivity contribution >= 4 is 43.5 Å². The van der Waals surface area contributed by atoms with Crippen molar-refractivity contribution in [1.82, 2.24) is 10.2 Å². The Kier molecular flexibility index (Phi) is 12.2. The number of carbonyl (C=O) groups is 2. The molecule has 9 heteroatoms. The number of benzene rings is 3. The zero-order valence-electron chi connectivity index (χ0n) is 25.1. The second-order valence-corrected chi connectivity index (χ2v) is 14.1. The molecule has 0 spiro atoms. The molecule has 2 amide bonds. The van der Waals surface area contributed by atoms with Gasteiger partial charge in [-0.2, -0.15) is 0 Å². The van der Waals surface area contributed by atoms with Crippen LogP contribution in [0.1, 0.15) is 48.9 Å². The van der Waals surface area contributed by atoms with Crippen LogP contribution in [0.25, 0.3) is 0 Å². The summed E-state index contributed by atoms with van der Waals surface area (Å²) in [6.07, 6.45) is 1.94. The molecule has 1 atom stereocenters. The molecule has 0 unspecified atom stereocenters. The fourth-order valence-electron chi connectivity index (χ4n) is 4.91. The van der Waals surface area contributed by atoms with Crippen LogP contribution < -0.4 is 9.62 Å². The van der Waals surface area contributed by atoms with Crippen molar-refractivity contribution in [3.8, 4) is 0 Å². The van der Waals surface area contributed by atoms with Crippen molar-refractivity contribution in [1.29, 1.82) is 0 Å². The standard InChI is InChI=1S/C33H42BrN3O4S/c1-24(2)22-35-33(39)31(21-27-11-7-6-8-12-27)36(23-28-13-9-14-29(34)20-28)32(38)15-10-16-37(42(5,40)41)30-18-25(3)17-26(4)19-30/h6-9,11-14,17-20,24,31H,10,15-16,21-23H2,1-5H3,(H,35,39)/t31-/m0/s1. The monoisotopic (exact) mass is 655 g/mol. The first-order valence-corrected chi connectivity index (χ1v) is 16.9. The van der Waals surface area contributed by atoms with Gasteiger partial charge in [-0.1, -0.05) is 78.3 Å². The molecule has 3 aromatic rings. The van der Waals surface area contributed by atoms with Crippen LogP contribution in [0.5, 0.6) is 0 Å². The Hall–Kier alpha value is -3.17. The minimum absolute atomic E-state index is 0.0908. The van der Waals surface area contributed by atoms with E-state index in [2.05, 4.69) is 21.2 Å². The second-order valence-electron chi connectivity index (χ2n) is 11.3. The predicted molar refractivity (Wildman–Crippen MR) is 174 cm³/mol. The number of hydrogen-bond donors (Lipinski definition) is 1. The lowest BCUT2D eigenvalue weighted by Crippen LogP contribution is -2.51. The lowest BCUT2D eigenvalue weighted by molar-refractivity contribution is -0.141. The van der Waals surface area contributed by atoms with Gasteiger partial charge in [-0.3, -0.25) is 13.9 Å². The van der Waals surface area contributed by atoms with Crippen LogP contribution in [0, 0.1) is 19.8 Å². The lowest BCUT2D eigenvalue weighted by Gasteiger charge is -2.32. The van der Waals surface area contributed by atoms with Crippen LogP contribution in [0.2, 0.25) is 0 Å². The van der Waals surface area contributed by atoms with Gasteiger partial charge < -0.3 is 10.2 Å². The Bertz CT molecular complexity index is 1440. The molecule has 0 aliphatic rings. The number of halogens is 1. The zero-order chi connectivity index (χ0) is 30.9. The van der Waals surface area contributed by atoms with Gasteiger partial charge in [-0.05, 0) is 72.7 Å². The fraction of sp³-hybridized carbons (Fsp3) is 0.394. The highest BCUT2D eigenvalue weighted by Gasteiger charge is 2.30. The van der Waals surface area contributed by atoms with Gasteiger partial charge in [0.15, 0.2) is 0 Å². The van der Waals surface area contributed by atoms with E-state index in [0.717, 1.165) is 26.7 Å². The number of aryl methyl sites for hydroxylation is 2. The summed E-state index contributed by atoms with van der Waals surface area (Å²) in [6, 6.07) is 22.3. The molecule has 226 valence electrons. The van der Waals surface area contributed by atoms with E-state index in [1.807, 2.05) is 100 Å². The molecule has 7 nitrogen and oxygen atoms in total. The van der Waals surface area contributed by atoms with Crippen LogP contribution in [0.15, 0.2) is 77.3 Å². The molecule has 0 aliphatic heterocycles. The Morgan fingerprint density at radius 3 is 2.14 bits per heavy atom. The highest BCUT2D eigenvalue weighted by molar-refractivity contribution is 9.10. The summed E-state index contributed by atoms with van der Waals surface area (Å²) >= 11 is 3.51. The Morgan fingerprint density at radius 1 is 0.905 bits per heavy atom. The Morgan fingerprint density at radius 2 is 1.55 bits per heavy atom. The molecule has 3 aromatic carbocycles. The van der Waals surface area contributed by atoms with Gasteiger partial charge in [0.25, 0.3) is 0 Å². The van der Waals surface area contributed by atoms with Crippen molar-refractivity contribution in [2.75, 3.05) is 23.7 Å². The van der Waals surface area contributed by atoms with Gasteiger partial charge in [0.05, 0.1) is 11.9 Å².